The monoisotopic (exact) mass is 1260 g/mol. The van der Waals surface area contributed by atoms with E-state index in [2.05, 4.69) is 63.8 Å². The van der Waals surface area contributed by atoms with Crippen molar-refractivity contribution in [2.45, 2.75) is 207 Å². The molecule has 0 spiro atoms. The first kappa shape index (κ1) is 77.6. The lowest BCUT2D eigenvalue weighted by Crippen LogP contribution is -2.65. The third-order valence-electron chi connectivity index (χ3n) is 14.0. The van der Waals surface area contributed by atoms with Crippen molar-refractivity contribution in [3.8, 4) is 0 Å². The Bertz CT molecular complexity index is 2580. The van der Waals surface area contributed by atoms with Crippen molar-refractivity contribution in [2.24, 2.45) is 40.1 Å². The first-order valence-electron chi connectivity index (χ1n) is 30.1. The summed E-state index contributed by atoms with van der Waals surface area (Å²) >= 11 is 0. The van der Waals surface area contributed by atoms with E-state index in [1.807, 2.05) is 20.8 Å². The summed E-state index contributed by atoms with van der Waals surface area (Å²) < 4.78 is 0. The van der Waals surface area contributed by atoms with Gasteiger partial charge in [0.05, 0.1) is 44.1 Å². The van der Waals surface area contributed by atoms with Gasteiger partial charge in [-0.3, -0.25) is 58.1 Å². The van der Waals surface area contributed by atoms with Gasteiger partial charge in [-0.15, -0.1) is 0 Å². The van der Waals surface area contributed by atoms with E-state index in [9.17, 15) is 68.4 Å². The molecule has 1 aliphatic heterocycles. The number of benzene rings is 1. The van der Waals surface area contributed by atoms with Gasteiger partial charge in [0, 0.05) is 6.54 Å². The quantitative estimate of drug-likeness (QED) is 0.0339. The molecule has 502 valence electrons. The van der Waals surface area contributed by atoms with Gasteiger partial charge in [0.25, 0.3) is 0 Å². The minimum atomic E-state index is -2.03. The average Bonchev–Trinajstić information content (AvgIpc) is 3.58. The standard InChI is InChI=1S/C59H101N15O15/c1-29(2)22-36-49(82)66-35(20-17-21-63-57(61)62)48(81)67-37(23-30(3)4)50(83)71-42(32(7)77)54(87)64-26-41(78)65-39(27-75)52(85)70-40(28-76)53(86)72-43(33-18-15-14-16-19-33)44(55(88)74-45(56(89)68-36)46(79)31(5)6)73-51(84)38(25-59(11,12)13)69-47(80)34(60)24-58(8,9)10/h14-16,18-19,29-32,34-40,42-46,75-77,79H,17,20-28,60H2,1-13H3,(H,64,87)(H,65,78)(H,66,82)(H,67,81)(H,68,89)(H,69,80)(H,70,85)(H,71,83)(H,72,86)(H,73,84)(H,74,88)(H4,61,62,63)/t32-,34+,35+,36-,37-,38-,39-,40?,42-,43+,44-,45-,46+/m0/s1. The van der Waals surface area contributed by atoms with Gasteiger partial charge in [-0.05, 0) is 79.6 Å². The van der Waals surface area contributed by atoms with Crippen LogP contribution < -0.4 is 75.3 Å². The molecular formula is C59H101N15O15. The first-order chi connectivity index (χ1) is 41.3. The number of hydrogen-bond acceptors (Lipinski definition) is 17. The van der Waals surface area contributed by atoms with Crippen LogP contribution in [0.5, 0.6) is 0 Å². The van der Waals surface area contributed by atoms with Gasteiger partial charge in [0.1, 0.15) is 54.4 Å². The molecule has 30 heteroatoms. The van der Waals surface area contributed by atoms with E-state index in [1.54, 1.807) is 54.5 Å². The van der Waals surface area contributed by atoms with E-state index < -0.39 is 186 Å². The fourth-order valence-electron chi connectivity index (χ4n) is 9.47. The number of guanidine groups is 1. The second-order valence-electron chi connectivity index (χ2n) is 26.2. The smallest absolute Gasteiger partial charge is 0.245 e. The van der Waals surface area contributed by atoms with Crippen LogP contribution in [-0.2, 0) is 52.7 Å². The van der Waals surface area contributed by atoms with Crippen LogP contribution >= 0.6 is 0 Å². The fraction of sp³-hybridized carbons (Fsp3) is 0.695. The molecule has 2 rings (SSSR count). The zero-order valence-electron chi connectivity index (χ0n) is 53.6. The third kappa shape index (κ3) is 27.4. The zero-order chi connectivity index (χ0) is 67.8. The number of carbonyl (C=O) groups is 11. The van der Waals surface area contributed by atoms with Crippen LogP contribution in [0.1, 0.15) is 140 Å². The summed E-state index contributed by atoms with van der Waals surface area (Å²) in [4.78, 5) is 157. The first-order valence-corrected chi connectivity index (χ1v) is 30.1. The molecule has 1 aromatic carbocycles. The molecule has 0 aromatic heterocycles. The largest absolute Gasteiger partial charge is 0.394 e. The Labute approximate surface area is 521 Å². The molecule has 0 saturated carbocycles. The van der Waals surface area contributed by atoms with Crippen LogP contribution in [0.3, 0.4) is 0 Å². The Kier molecular flexibility index (Phi) is 31.5. The van der Waals surface area contributed by atoms with Gasteiger partial charge in [-0.2, -0.15) is 0 Å². The molecule has 0 aliphatic carbocycles. The normalized spacial score (nSPS) is 24.5. The highest BCUT2D eigenvalue weighted by atomic mass is 16.3. The van der Waals surface area contributed by atoms with Crippen LogP contribution in [0.15, 0.2) is 30.3 Å². The van der Waals surface area contributed by atoms with Crippen molar-refractivity contribution in [1.29, 1.82) is 5.41 Å². The van der Waals surface area contributed by atoms with Crippen LogP contribution in [0.2, 0.25) is 0 Å². The molecule has 13 atom stereocenters. The molecule has 11 amide bonds. The van der Waals surface area contributed by atoms with E-state index in [1.165, 1.54) is 38.1 Å². The molecule has 1 aliphatic rings. The Morgan fingerprint density at radius 1 is 0.607 bits per heavy atom. The van der Waals surface area contributed by atoms with E-state index in [0.29, 0.717) is 0 Å². The summed E-state index contributed by atoms with van der Waals surface area (Å²) in [5, 5.41) is 81.1. The molecule has 1 saturated heterocycles. The minimum Gasteiger partial charge on any atom is -0.394 e. The number of nitrogens with two attached hydrogens (primary N) is 2. The lowest BCUT2D eigenvalue weighted by atomic mass is 9.86. The number of rotatable bonds is 20. The average molecular weight is 1260 g/mol. The lowest BCUT2D eigenvalue weighted by molar-refractivity contribution is -0.139. The van der Waals surface area contributed by atoms with Crippen LogP contribution in [0.25, 0.3) is 0 Å². The molecule has 1 heterocycles. The number of hydrogen-bond donors (Lipinski definition) is 19. The summed E-state index contributed by atoms with van der Waals surface area (Å²) in [6, 6.07) is -10.7. The fourth-order valence-corrected chi connectivity index (χ4v) is 9.47. The summed E-state index contributed by atoms with van der Waals surface area (Å²) in [6.45, 7) is 18.9. The molecule has 89 heavy (non-hydrogen) atoms. The summed E-state index contributed by atoms with van der Waals surface area (Å²) in [7, 11) is 0. The Hall–Kier alpha value is -7.54. The van der Waals surface area contributed by atoms with Crippen molar-refractivity contribution in [3.05, 3.63) is 35.9 Å². The molecule has 0 bridgehead atoms. The molecule has 0 radical (unpaired) electrons. The maximum atomic E-state index is 15.4. The lowest BCUT2D eigenvalue weighted by Gasteiger charge is -2.35. The van der Waals surface area contributed by atoms with Crippen molar-refractivity contribution < 1.29 is 73.2 Å². The zero-order valence-corrected chi connectivity index (χ0v) is 53.6. The summed E-state index contributed by atoms with van der Waals surface area (Å²) in [6.07, 6.45) is -3.47. The summed E-state index contributed by atoms with van der Waals surface area (Å²) in [5.74, 6) is -13.5. The van der Waals surface area contributed by atoms with Crippen LogP contribution in [-0.4, -0.2) is 190 Å². The van der Waals surface area contributed by atoms with Gasteiger partial charge in [-0.25, -0.2) is 0 Å². The predicted octanol–water partition coefficient (Wildman–Crippen LogP) is -3.73. The Morgan fingerprint density at radius 2 is 1.08 bits per heavy atom. The number of amides is 11. The highest BCUT2D eigenvalue weighted by Crippen LogP contribution is 2.25. The topological polar surface area (TPSA) is 489 Å². The molecule has 30 nitrogen and oxygen atoms in total. The van der Waals surface area contributed by atoms with Gasteiger partial charge in [0.15, 0.2) is 5.96 Å². The minimum absolute atomic E-state index is 0.0400. The van der Waals surface area contributed by atoms with Gasteiger partial charge in [0.2, 0.25) is 65.0 Å². The van der Waals surface area contributed by atoms with Gasteiger partial charge in [-0.1, -0.05) is 113 Å². The van der Waals surface area contributed by atoms with Crippen molar-refractivity contribution >= 4 is 70.9 Å². The van der Waals surface area contributed by atoms with Crippen LogP contribution in [0, 0.1) is 34.0 Å². The van der Waals surface area contributed by atoms with Gasteiger partial charge >= 0.3 is 0 Å². The second kappa shape index (κ2) is 36.2. The maximum Gasteiger partial charge on any atom is 0.245 e. The second-order valence-corrected chi connectivity index (χ2v) is 26.2. The highest BCUT2D eigenvalue weighted by Gasteiger charge is 2.42. The highest BCUT2D eigenvalue weighted by molar-refractivity contribution is 5.99. The van der Waals surface area contributed by atoms with E-state index in [0.717, 1.165) is 6.92 Å². The third-order valence-corrected chi connectivity index (χ3v) is 14.0. The molecular weight excluding hydrogens is 1160 g/mol. The number of aliphatic hydroxyl groups excluding tert-OH is 4. The Morgan fingerprint density at radius 3 is 1.58 bits per heavy atom. The number of aliphatic hydroxyl groups is 4. The van der Waals surface area contributed by atoms with Crippen LogP contribution in [0.4, 0.5) is 0 Å². The predicted molar refractivity (Wildman–Crippen MR) is 329 cm³/mol. The number of carbonyl (C=O) groups excluding carboxylic acids is 11. The van der Waals surface area contributed by atoms with E-state index in [-0.39, 0.29) is 62.5 Å². The molecule has 1 aromatic rings. The SMILES string of the molecule is CC(C)C[C@@H]1NC(=O)[C@H]([C@H](O)C(C)C)NC(=O)[C@@H](NC(=O)[C@H](CC(C)(C)C)NC(=O)[C@H](N)CC(C)(C)C)[C@@H](c2ccccc2)NC(=O)C(CO)NC(=O)[C@H](CO)NC(=O)CNC(=O)[C@H]([C@H](C)O)NC(=O)[C@H](CC(C)C)NC(=O)[C@@H](CCCNC(=N)N)NC1=O. The van der Waals surface area contributed by atoms with Crippen molar-refractivity contribution in [1.82, 2.24) is 63.8 Å². The maximum absolute atomic E-state index is 15.4. The van der Waals surface area contributed by atoms with Crippen molar-refractivity contribution in [2.75, 3.05) is 26.3 Å². The summed E-state index contributed by atoms with van der Waals surface area (Å²) in [5.41, 5.74) is 10.8. The number of nitrogens with one attached hydrogen (secondary N) is 13. The van der Waals surface area contributed by atoms with E-state index in [4.69, 9.17) is 16.9 Å². The van der Waals surface area contributed by atoms with E-state index >= 15 is 4.79 Å². The Balaban J connectivity index is 3.08. The van der Waals surface area contributed by atoms with Crippen molar-refractivity contribution in [3.63, 3.8) is 0 Å². The molecule has 1 fully saturated rings. The molecule has 1 unspecified atom stereocenters. The molecule has 21 N–H and O–H groups in total. The van der Waals surface area contributed by atoms with Gasteiger partial charge < -0.3 is 95.7 Å².